The molecule has 1 saturated heterocycles. The molecule has 2 heterocycles. The minimum atomic E-state index is -3.55. The second-order valence-electron chi connectivity index (χ2n) is 5.93. The molecule has 130 valence electrons. The average Bonchev–Trinajstić information content (AvgIpc) is 3.08. The number of hydrogen-bond donors (Lipinski definition) is 0. The molecule has 1 unspecified atom stereocenters. The van der Waals surface area contributed by atoms with Crippen molar-refractivity contribution in [2.24, 2.45) is 5.92 Å². The van der Waals surface area contributed by atoms with Crippen LogP contribution in [-0.4, -0.2) is 42.5 Å². The smallest absolute Gasteiger partial charge is 0.243 e. The van der Waals surface area contributed by atoms with E-state index in [1.807, 2.05) is 10.8 Å². The first kappa shape index (κ1) is 17.3. The van der Waals surface area contributed by atoms with Crippen LogP contribution in [0.1, 0.15) is 12.8 Å². The minimum Gasteiger partial charge on any atom is -0.495 e. The van der Waals surface area contributed by atoms with Crippen molar-refractivity contribution < 1.29 is 13.2 Å². The van der Waals surface area contributed by atoms with Gasteiger partial charge in [-0.1, -0.05) is 11.6 Å². The third kappa shape index (κ3) is 3.58. The van der Waals surface area contributed by atoms with Crippen molar-refractivity contribution in [3.05, 3.63) is 41.9 Å². The number of rotatable bonds is 5. The Kier molecular flexibility index (Phi) is 5.12. The fourth-order valence-corrected chi connectivity index (χ4v) is 4.95. The maximum Gasteiger partial charge on any atom is 0.243 e. The first-order valence-electron chi connectivity index (χ1n) is 7.80. The molecule has 24 heavy (non-hydrogen) atoms. The number of ether oxygens (including phenoxy) is 1. The van der Waals surface area contributed by atoms with Crippen LogP contribution in [0.25, 0.3) is 0 Å². The molecule has 8 heteroatoms. The third-order valence-corrected chi connectivity index (χ3v) is 6.43. The van der Waals surface area contributed by atoms with Gasteiger partial charge >= 0.3 is 0 Å². The first-order chi connectivity index (χ1) is 11.5. The van der Waals surface area contributed by atoms with E-state index in [9.17, 15) is 8.42 Å². The highest BCUT2D eigenvalue weighted by Gasteiger charge is 2.30. The van der Waals surface area contributed by atoms with E-state index in [-0.39, 0.29) is 10.8 Å². The molecule has 1 aromatic heterocycles. The summed E-state index contributed by atoms with van der Waals surface area (Å²) in [6, 6.07) is 4.58. The van der Waals surface area contributed by atoms with Crippen LogP contribution >= 0.6 is 11.6 Å². The molecule has 0 spiro atoms. The molecule has 0 saturated carbocycles. The highest BCUT2D eigenvalue weighted by atomic mass is 35.5. The molecular weight excluding hydrogens is 350 g/mol. The van der Waals surface area contributed by atoms with Gasteiger partial charge in [-0.05, 0) is 37.0 Å². The van der Waals surface area contributed by atoms with E-state index in [1.165, 1.54) is 13.2 Å². The lowest BCUT2D eigenvalue weighted by molar-refractivity contribution is 0.245. The van der Waals surface area contributed by atoms with E-state index in [1.54, 1.807) is 29.0 Å². The minimum absolute atomic E-state index is 0.205. The van der Waals surface area contributed by atoms with Gasteiger partial charge in [0.15, 0.2) is 0 Å². The molecule has 0 N–H and O–H groups in total. The van der Waals surface area contributed by atoms with Crippen LogP contribution in [0.4, 0.5) is 0 Å². The van der Waals surface area contributed by atoms with Crippen LogP contribution in [-0.2, 0) is 16.6 Å². The van der Waals surface area contributed by atoms with Crippen LogP contribution in [0.3, 0.4) is 0 Å². The summed E-state index contributed by atoms with van der Waals surface area (Å²) in [5.41, 5.74) is 0. The summed E-state index contributed by atoms with van der Waals surface area (Å²) < 4.78 is 34.4. The largest absolute Gasteiger partial charge is 0.495 e. The van der Waals surface area contributed by atoms with E-state index < -0.39 is 10.0 Å². The van der Waals surface area contributed by atoms with Gasteiger partial charge in [0.1, 0.15) is 5.75 Å². The Morgan fingerprint density at radius 1 is 1.42 bits per heavy atom. The molecule has 0 bridgehead atoms. The Morgan fingerprint density at radius 2 is 2.25 bits per heavy atom. The zero-order valence-electron chi connectivity index (χ0n) is 13.4. The van der Waals surface area contributed by atoms with Crippen molar-refractivity contribution in [2.75, 3.05) is 20.2 Å². The van der Waals surface area contributed by atoms with Gasteiger partial charge < -0.3 is 9.30 Å². The van der Waals surface area contributed by atoms with E-state index >= 15 is 0 Å². The molecule has 1 atom stereocenters. The number of imidazole rings is 1. The highest BCUT2D eigenvalue weighted by molar-refractivity contribution is 7.89. The van der Waals surface area contributed by atoms with Gasteiger partial charge in [0.2, 0.25) is 10.0 Å². The molecular formula is C16H20ClN3O3S. The molecule has 1 aliphatic rings. The van der Waals surface area contributed by atoms with Crippen molar-refractivity contribution in [1.29, 1.82) is 0 Å². The van der Waals surface area contributed by atoms with Gasteiger partial charge in [-0.15, -0.1) is 0 Å². The van der Waals surface area contributed by atoms with E-state index in [2.05, 4.69) is 4.98 Å². The van der Waals surface area contributed by atoms with E-state index in [0.29, 0.717) is 23.9 Å². The molecule has 1 fully saturated rings. The number of halogens is 1. The molecule has 6 nitrogen and oxygen atoms in total. The van der Waals surface area contributed by atoms with Crippen LogP contribution in [0.15, 0.2) is 41.8 Å². The fourth-order valence-electron chi connectivity index (χ4n) is 3.04. The zero-order valence-corrected chi connectivity index (χ0v) is 15.0. The van der Waals surface area contributed by atoms with Crippen LogP contribution in [0, 0.1) is 5.92 Å². The second-order valence-corrected chi connectivity index (χ2v) is 8.27. The number of aromatic nitrogens is 2. The van der Waals surface area contributed by atoms with Gasteiger partial charge in [0, 0.05) is 32.0 Å². The Morgan fingerprint density at radius 3 is 2.92 bits per heavy atom. The lowest BCUT2D eigenvalue weighted by Gasteiger charge is -2.32. The monoisotopic (exact) mass is 369 g/mol. The number of nitrogens with zero attached hydrogens (tertiary/aromatic N) is 3. The van der Waals surface area contributed by atoms with Crippen molar-refractivity contribution >= 4 is 21.6 Å². The van der Waals surface area contributed by atoms with E-state index in [0.717, 1.165) is 19.4 Å². The Bertz CT molecular complexity index is 793. The fraction of sp³-hybridized carbons (Fsp3) is 0.438. The Balaban J connectivity index is 1.77. The third-order valence-electron chi connectivity index (χ3n) is 4.27. The normalized spacial score (nSPS) is 19.3. The second kappa shape index (κ2) is 7.13. The average molecular weight is 370 g/mol. The quantitative estimate of drug-likeness (QED) is 0.812. The summed E-state index contributed by atoms with van der Waals surface area (Å²) >= 11 is 6.08. The number of sulfonamides is 1. The number of hydrogen-bond acceptors (Lipinski definition) is 4. The van der Waals surface area contributed by atoms with E-state index in [4.69, 9.17) is 16.3 Å². The van der Waals surface area contributed by atoms with Crippen molar-refractivity contribution in [2.45, 2.75) is 24.3 Å². The topological polar surface area (TPSA) is 64.4 Å². The highest BCUT2D eigenvalue weighted by Crippen LogP contribution is 2.30. The predicted molar refractivity (Wildman–Crippen MR) is 91.7 cm³/mol. The summed E-state index contributed by atoms with van der Waals surface area (Å²) in [5.74, 6) is 0.740. The standard InChI is InChI=1S/C16H20ClN3O3S/c1-23-16-5-4-14(9-15(16)17)24(21,22)20-7-2-3-13(11-20)10-19-8-6-18-12-19/h4-6,8-9,12-13H,2-3,7,10-11H2,1H3. The molecule has 1 aliphatic heterocycles. The summed E-state index contributed by atoms with van der Waals surface area (Å²) in [5, 5.41) is 0.297. The first-order valence-corrected chi connectivity index (χ1v) is 9.62. The molecule has 0 aliphatic carbocycles. The van der Waals surface area contributed by atoms with Crippen molar-refractivity contribution in [1.82, 2.24) is 13.9 Å². The van der Waals surface area contributed by atoms with Gasteiger partial charge in [0.25, 0.3) is 0 Å². The molecule has 2 aromatic rings. The van der Waals surface area contributed by atoms with Crippen LogP contribution < -0.4 is 4.74 Å². The maximum atomic E-state index is 12.9. The number of methoxy groups -OCH3 is 1. The van der Waals surface area contributed by atoms with Crippen LogP contribution in [0.2, 0.25) is 5.02 Å². The summed E-state index contributed by atoms with van der Waals surface area (Å²) in [7, 11) is -2.05. The molecule has 1 aromatic carbocycles. The molecule has 0 amide bonds. The van der Waals surface area contributed by atoms with Gasteiger partial charge in [-0.2, -0.15) is 4.31 Å². The maximum absolute atomic E-state index is 12.9. The molecule has 3 rings (SSSR count). The SMILES string of the molecule is COc1ccc(S(=O)(=O)N2CCCC(Cn3ccnc3)C2)cc1Cl. The van der Waals surface area contributed by atoms with Gasteiger partial charge in [0.05, 0.1) is 23.4 Å². The number of piperidine rings is 1. The van der Waals surface area contributed by atoms with Crippen molar-refractivity contribution in [3.8, 4) is 5.75 Å². The van der Waals surface area contributed by atoms with Gasteiger partial charge in [-0.3, -0.25) is 0 Å². The number of benzene rings is 1. The summed E-state index contributed by atoms with van der Waals surface area (Å²) in [6.07, 6.45) is 7.25. The summed E-state index contributed by atoms with van der Waals surface area (Å²) in [4.78, 5) is 4.24. The predicted octanol–water partition coefficient (Wildman–Crippen LogP) is 2.65. The molecule has 0 radical (unpaired) electrons. The lowest BCUT2D eigenvalue weighted by atomic mass is 10.00. The van der Waals surface area contributed by atoms with Crippen LogP contribution in [0.5, 0.6) is 5.75 Å². The lowest BCUT2D eigenvalue weighted by Crippen LogP contribution is -2.41. The summed E-state index contributed by atoms with van der Waals surface area (Å²) in [6.45, 7) is 1.81. The Hall–Kier alpha value is -1.57. The van der Waals surface area contributed by atoms with Crippen molar-refractivity contribution in [3.63, 3.8) is 0 Å². The Labute approximate surface area is 147 Å². The van der Waals surface area contributed by atoms with Gasteiger partial charge in [-0.25, -0.2) is 13.4 Å². The zero-order chi connectivity index (χ0) is 17.2.